The predicted octanol–water partition coefficient (Wildman–Crippen LogP) is 2.22. The summed E-state index contributed by atoms with van der Waals surface area (Å²) >= 11 is 0. The van der Waals surface area contributed by atoms with Crippen molar-refractivity contribution in [3.63, 3.8) is 0 Å². The molecule has 1 amide bonds. The first-order valence-corrected chi connectivity index (χ1v) is 8.79. The van der Waals surface area contributed by atoms with Crippen molar-refractivity contribution in [1.29, 1.82) is 0 Å². The number of piperazine rings is 1. The van der Waals surface area contributed by atoms with E-state index in [1.54, 1.807) is 0 Å². The average molecular weight is 326 g/mol. The van der Waals surface area contributed by atoms with E-state index in [2.05, 4.69) is 33.5 Å². The fourth-order valence-electron chi connectivity index (χ4n) is 3.33. The maximum Gasteiger partial charge on any atom is 0.230 e. The Morgan fingerprint density at radius 3 is 2.50 bits per heavy atom. The first-order chi connectivity index (χ1) is 11.8. The van der Waals surface area contributed by atoms with Gasteiger partial charge in [0, 0.05) is 51.7 Å². The lowest BCUT2D eigenvalue weighted by atomic mass is 9.95. The van der Waals surface area contributed by atoms with Gasteiger partial charge in [-0.2, -0.15) is 0 Å². The van der Waals surface area contributed by atoms with E-state index in [1.165, 1.54) is 0 Å². The molecule has 2 heterocycles. The van der Waals surface area contributed by atoms with E-state index < -0.39 is 0 Å². The lowest BCUT2D eigenvalue weighted by Crippen LogP contribution is -2.50. The minimum atomic E-state index is -0.0105. The fraction of sp³-hybridized carbons (Fsp3) is 0.474. The minimum absolute atomic E-state index is 0.0105. The molecule has 1 aromatic carbocycles. The van der Waals surface area contributed by atoms with Crippen LogP contribution in [0.3, 0.4) is 0 Å². The zero-order valence-electron chi connectivity index (χ0n) is 14.3. The largest absolute Gasteiger partial charge is 0.340 e. The molecule has 128 valence electrons. The Kier molecular flexibility index (Phi) is 5.64. The van der Waals surface area contributed by atoms with Gasteiger partial charge >= 0.3 is 0 Å². The summed E-state index contributed by atoms with van der Waals surface area (Å²) < 4.78 is 2.10. The smallest absolute Gasteiger partial charge is 0.230 e. The molecule has 0 spiro atoms. The molecule has 5 nitrogen and oxygen atoms in total. The van der Waals surface area contributed by atoms with Crippen molar-refractivity contribution in [3.8, 4) is 0 Å². The zero-order chi connectivity index (χ0) is 16.8. The highest BCUT2D eigenvalue weighted by molar-refractivity contribution is 5.83. The van der Waals surface area contributed by atoms with E-state index in [0.29, 0.717) is 0 Å². The molecule has 3 rings (SSSR count). The summed E-state index contributed by atoms with van der Waals surface area (Å²) in [6.45, 7) is 7.61. The Hall–Kier alpha value is -2.14. The molecule has 1 atom stereocenters. The van der Waals surface area contributed by atoms with Gasteiger partial charge in [0.15, 0.2) is 0 Å². The van der Waals surface area contributed by atoms with Crippen molar-refractivity contribution < 1.29 is 4.79 Å². The molecule has 0 bridgehead atoms. The second-order valence-corrected chi connectivity index (χ2v) is 6.34. The number of imidazole rings is 1. The van der Waals surface area contributed by atoms with Crippen molar-refractivity contribution >= 4 is 5.91 Å². The van der Waals surface area contributed by atoms with E-state index in [0.717, 1.165) is 51.3 Å². The number of hydrogen-bond acceptors (Lipinski definition) is 3. The maximum absolute atomic E-state index is 12.9. The molecule has 1 aliphatic rings. The molecular formula is C19H26N4O. The summed E-state index contributed by atoms with van der Waals surface area (Å²) in [6, 6.07) is 10.2. The van der Waals surface area contributed by atoms with Gasteiger partial charge in [-0.25, -0.2) is 4.98 Å². The third kappa shape index (κ3) is 4.03. The van der Waals surface area contributed by atoms with Gasteiger partial charge in [0.25, 0.3) is 0 Å². The van der Waals surface area contributed by atoms with Crippen LogP contribution >= 0.6 is 0 Å². The van der Waals surface area contributed by atoms with Crippen LogP contribution in [0.5, 0.6) is 0 Å². The zero-order valence-corrected chi connectivity index (χ0v) is 14.3. The quantitative estimate of drug-likeness (QED) is 0.817. The van der Waals surface area contributed by atoms with E-state index in [1.807, 2.05) is 41.8 Å². The summed E-state index contributed by atoms with van der Waals surface area (Å²) in [6.07, 6.45) is 6.51. The van der Waals surface area contributed by atoms with Crippen molar-refractivity contribution in [2.24, 2.45) is 0 Å². The first kappa shape index (κ1) is 16.7. The number of carbonyl (C=O) groups excluding carboxylic acids is 1. The van der Waals surface area contributed by atoms with Gasteiger partial charge < -0.3 is 9.47 Å². The molecule has 1 saturated heterocycles. The van der Waals surface area contributed by atoms with Crippen molar-refractivity contribution in [1.82, 2.24) is 19.4 Å². The summed E-state index contributed by atoms with van der Waals surface area (Å²) in [5, 5.41) is 0. The molecule has 1 aromatic heterocycles. The number of benzene rings is 1. The highest BCUT2D eigenvalue weighted by Crippen LogP contribution is 2.22. The highest BCUT2D eigenvalue weighted by Gasteiger charge is 2.27. The van der Waals surface area contributed by atoms with Gasteiger partial charge in [0.1, 0.15) is 0 Å². The second kappa shape index (κ2) is 8.11. The Balaban J connectivity index is 1.51. The average Bonchev–Trinajstić information content (AvgIpc) is 3.15. The Morgan fingerprint density at radius 2 is 1.88 bits per heavy atom. The van der Waals surface area contributed by atoms with Crippen molar-refractivity contribution in [3.05, 3.63) is 54.6 Å². The Labute approximate surface area is 143 Å². The third-order valence-electron chi connectivity index (χ3n) is 4.83. The van der Waals surface area contributed by atoms with E-state index in [9.17, 15) is 4.79 Å². The number of carbonyl (C=O) groups is 1. The van der Waals surface area contributed by atoms with Crippen LogP contribution in [-0.4, -0.2) is 58.0 Å². The van der Waals surface area contributed by atoms with Crippen molar-refractivity contribution in [2.75, 3.05) is 32.7 Å². The normalized spacial score (nSPS) is 17.0. The van der Waals surface area contributed by atoms with E-state index in [-0.39, 0.29) is 11.8 Å². The number of amides is 1. The van der Waals surface area contributed by atoms with Crippen LogP contribution < -0.4 is 0 Å². The molecule has 2 aromatic rings. The Bertz CT molecular complexity index is 618. The maximum atomic E-state index is 12.9. The topological polar surface area (TPSA) is 41.4 Å². The van der Waals surface area contributed by atoms with E-state index >= 15 is 0 Å². The Morgan fingerprint density at radius 1 is 1.12 bits per heavy atom. The lowest BCUT2D eigenvalue weighted by molar-refractivity contribution is -0.134. The molecule has 0 N–H and O–H groups in total. The van der Waals surface area contributed by atoms with Crippen LogP contribution in [0.1, 0.15) is 24.8 Å². The van der Waals surface area contributed by atoms with Gasteiger partial charge in [-0.05, 0) is 12.0 Å². The summed E-state index contributed by atoms with van der Waals surface area (Å²) in [5.41, 5.74) is 1.13. The molecule has 1 aliphatic heterocycles. The number of aromatic nitrogens is 2. The van der Waals surface area contributed by atoms with Crippen LogP contribution in [-0.2, 0) is 11.3 Å². The second-order valence-electron chi connectivity index (χ2n) is 6.34. The number of nitrogens with zero attached hydrogens (tertiary/aromatic N) is 4. The van der Waals surface area contributed by atoms with Crippen molar-refractivity contribution in [2.45, 2.75) is 25.8 Å². The fourth-order valence-corrected chi connectivity index (χ4v) is 3.33. The van der Waals surface area contributed by atoms with Crippen LogP contribution in [0.4, 0.5) is 0 Å². The summed E-state index contributed by atoms with van der Waals surface area (Å²) in [7, 11) is 0. The molecule has 0 aliphatic carbocycles. The molecule has 1 fully saturated rings. The monoisotopic (exact) mass is 326 g/mol. The van der Waals surface area contributed by atoms with Crippen LogP contribution in [0.15, 0.2) is 49.1 Å². The number of rotatable bonds is 6. The van der Waals surface area contributed by atoms with Crippen LogP contribution in [0.25, 0.3) is 0 Å². The molecule has 0 saturated carbocycles. The van der Waals surface area contributed by atoms with Gasteiger partial charge in [0.2, 0.25) is 5.91 Å². The molecule has 24 heavy (non-hydrogen) atoms. The predicted molar refractivity (Wildman–Crippen MR) is 94.7 cm³/mol. The van der Waals surface area contributed by atoms with E-state index in [4.69, 9.17) is 0 Å². The third-order valence-corrected chi connectivity index (χ3v) is 4.83. The van der Waals surface area contributed by atoms with Crippen LogP contribution in [0.2, 0.25) is 0 Å². The summed E-state index contributed by atoms with van der Waals surface area (Å²) in [4.78, 5) is 21.4. The minimum Gasteiger partial charge on any atom is -0.340 e. The van der Waals surface area contributed by atoms with Gasteiger partial charge in [-0.3, -0.25) is 9.69 Å². The van der Waals surface area contributed by atoms with Gasteiger partial charge in [0.05, 0.1) is 12.2 Å². The lowest BCUT2D eigenvalue weighted by Gasteiger charge is -2.36. The number of hydrogen-bond donors (Lipinski definition) is 0. The molecule has 0 unspecified atom stereocenters. The molecule has 0 radical (unpaired) electrons. The molecular weight excluding hydrogens is 300 g/mol. The summed E-state index contributed by atoms with van der Waals surface area (Å²) in [5.74, 6) is 0.265. The highest BCUT2D eigenvalue weighted by atomic mass is 16.2. The van der Waals surface area contributed by atoms with Gasteiger partial charge in [-0.1, -0.05) is 37.3 Å². The SMILES string of the molecule is CC[C@H](C(=O)N1CCN(CCn2ccnc2)CC1)c1ccccc1. The molecule has 5 heteroatoms. The van der Waals surface area contributed by atoms with Gasteiger partial charge in [-0.15, -0.1) is 0 Å². The first-order valence-electron chi connectivity index (χ1n) is 8.79. The van der Waals surface area contributed by atoms with Crippen LogP contribution in [0, 0.1) is 0 Å². The standard InChI is InChI=1S/C19H26N4O/c1-2-18(17-6-4-3-5-7-17)19(24)23-14-12-21(13-15-23)10-11-22-9-8-20-16-22/h3-9,16,18H,2,10-15H2,1H3/t18-/m0/s1.